The van der Waals surface area contributed by atoms with Crippen LogP contribution in [-0.4, -0.2) is 169 Å². The molecule has 1 heterocycles. The molecular formula is C26H48N6O9. The number of ether oxygens (including phenoxy) is 1. The number of nitrogens with zero attached hydrogens (tertiary/aromatic N) is 4. The number of carbonyl (C=O) groups is 5. The van der Waals surface area contributed by atoms with Gasteiger partial charge >= 0.3 is 17.9 Å². The minimum absolute atomic E-state index is 0.0348. The molecule has 0 aromatic rings. The van der Waals surface area contributed by atoms with Gasteiger partial charge < -0.3 is 30.7 Å². The molecule has 1 rings (SSSR count). The molecule has 236 valence electrons. The van der Waals surface area contributed by atoms with E-state index in [4.69, 9.17) is 4.74 Å². The van der Waals surface area contributed by atoms with Gasteiger partial charge in [-0.1, -0.05) is 19.8 Å². The van der Waals surface area contributed by atoms with E-state index in [2.05, 4.69) is 17.6 Å². The van der Waals surface area contributed by atoms with E-state index in [1.165, 1.54) is 0 Å². The Morgan fingerprint density at radius 1 is 0.585 bits per heavy atom. The van der Waals surface area contributed by atoms with E-state index in [9.17, 15) is 39.3 Å². The van der Waals surface area contributed by atoms with Gasteiger partial charge in [-0.25, -0.2) is 0 Å². The maximum absolute atomic E-state index is 12.6. The van der Waals surface area contributed by atoms with Crippen LogP contribution in [0, 0.1) is 0 Å². The maximum atomic E-state index is 12.6. The molecule has 15 nitrogen and oxygen atoms in total. The Kier molecular flexibility index (Phi) is 19.3. The third-order valence-electron chi connectivity index (χ3n) is 6.52. The number of nitrogens with one attached hydrogen (secondary N) is 2. The number of hydrogen-bond donors (Lipinski definition) is 5. The number of carbonyl (C=O) groups excluding carboxylic acids is 2. The van der Waals surface area contributed by atoms with E-state index in [0.717, 1.165) is 19.3 Å². The number of unbranched alkanes of at least 4 members (excludes halogenated alkanes) is 2. The van der Waals surface area contributed by atoms with Crippen molar-refractivity contribution in [2.24, 2.45) is 0 Å². The fourth-order valence-electron chi connectivity index (χ4n) is 4.26. The van der Waals surface area contributed by atoms with Crippen LogP contribution in [0.1, 0.15) is 32.6 Å². The van der Waals surface area contributed by atoms with Crippen molar-refractivity contribution in [3.05, 3.63) is 0 Å². The Balaban J connectivity index is 2.60. The fourth-order valence-corrected chi connectivity index (χ4v) is 4.26. The minimum Gasteiger partial charge on any atom is -0.480 e. The summed E-state index contributed by atoms with van der Waals surface area (Å²) >= 11 is 0. The van der Waals surface area contributed by atoms with Gasteiger partial charge in [0.15, 0.2) is 0 Å². The molecule has 1 fully saturated rings. The molecule has 2 amide bonds. The van der Waals surface area contributed by atoms with Crippen molar-refractivity contribution in [2.75, 3.05) is 105 Å². The molecule has 41 heavy (non-hydrogen) atoms. The van der Waals surface area contributed by atoms with E-state index in [1.54, 1.807) is 14.7 Å². The number of hydrogen-bond acceptors (Lipinski definition) is 10. The molecule has 0 radical (unpaired) electrons. The lowest BCUT2D eigenvalue weighted by molar-refractivity contribution is -0.140. The highest BCUT2D eigenvalue weighted by Crippen LogP contribution is 2.01. The summed E-state index contributed by atoms with van der Waals surface area (Å²) in [7, 11) is 0. The standard InChI is InChI=1S/C26H48N6O9/c1-2-3-4-6-27-22(33)5-16-41-17-7-28-23(34)18-29-8-10-30(19-24(35)36)12-14-32(21-26(39)40)15-13-31(11-9-29)20-25(37)38/h2-21H2,1H3,(H,27,33)(H,28,34)(H,35,36)(H,37,38)(H,39,40). The lowest BCUT2D eigenvalue weighted by atomic mass is 10.2. The zero-order valence-electron chi connectivity index (χ0n) is 24.2. The predicted molar refractivity (Wildman–Crippen MR) is 150 cm³/mol. The Morgan fingerprint density at radius 3 is 1.41 bits per heavy atom. The Bertz CT molecular complexity index is 784. The smallest absolute Gasteiger partial charge is 0.317 e. The van der Waals surface area contributed by atoms with E-state index >= 15 is 0 Å². The first-order chi connectivity index (χ1) is 19.6. The van der Waals surface area contributed by atoms with Crippen LogP contribution in [0.3, 0.4) is 0 Å². The van der Waals surface area contributed by atoms with Crippen LogP contribution in [-0.2, 0) is 28.7 Å². The largest absolute Gasteiger partial charge is 0.480 e. The van der Waals surface area contributed by atoms with Crippen molar-refractivity contribution >= 4 is 29.7 Å². The number of carboxylic acids is 3. The zero-order chi connectivity index (χ0) is 30.5. The molecule has 1 saturated heterocycles. The number of amides is 2. The van der Waals surface area contributed by atoms with Crippen molar-refractivity contribution in [1.29, 1.82) is 0 Å². The van der Waals surface area contributed by atoms with E-state index < -0.39 is 17.9 Å². The molecule has 0 bridgehead atoms. The molecule has 0 atom stereocenters. The summed E-state index contributed by atoms with van der Waals surface area (Å²) < 4.78 is 5.45. The summed E-state index contributed by atoms with van der Waals surface area (Å²) in [5, 5.41) is 33.5. The third kappa shape index (κ3) is 19.8. The predicted octanol–water partition coefficient (Wildman–Crippen LogP) is -1.71. The van der Waals surface area contributed by atoms with Crippen molar-refractivity contribution in [3.63, 3.8) is 0 Å². The molecule has 1 aliphatic heterocycles. The lowest BCUT2D eigenvalue weighted by Crippen LogP contribution is -2.50. The second-order valence-electron chi connectivity index (χ2n) is 10.1. The van der Waals surface area contributed by atoms with Crippen LogP contribution in [0.2, 0.25) is 0 Å². The summed E-state index contributed by atoms with van der Waals surface area (Å²) in [5.41, 5.74) is 0. The van der Waals surface area contributed by atoms with Crippen molar-refractivity contribution < 1.29 is 44.0 Å². The third-order valence-corrected chi connectivity index (χ3v) is 6.52. The van der Waals surface area contributed by atoms with Gasteiger partial charge in [-0.2, -0.15) is 0 Å². The topological polar surface area (TPSA) is 192 Å². The first-order valence-corrected chi connectivity index (χ1v) is 14.2. The average Bonchev–Trinajstić information content (AvgIpc) is 2.89. The monoisotopic (exact) mass is 588 g/mol. The molecule has 5 N–H and O–H groups in total. The van der Waals surface area contributed by atoms with Crippen LogP contribution in [0.25, 0.3) is 0 Å². The van der Waals surface area contributed by atoms with Crippen LogP contribution in [0.15, 0.2) is 0 Å². The van der Waals surface area contributed by atoms with Gasteiger partial charge in [0.1, 0.15) is 0 Å². The van der Waals surface area contributed by atoms with Gasteiger partial charge in [-0.05, 0) is 6.42 Å². The SMILES string of the molecule is CCCCCNC(=O)CCOCCNC(=O)CN1CCN(CC(=O)O)CCN(CC(=O)O)CCN(CC(=O)O)CC1. The van der Waals surface area contributed by atoms with Crippen molar-refractivity contribution in [2.45, 2.75) is 32.6 Å². The summed E-state index contributed by atoms with van der Waals surface area (Å²) in [5.74, 6) is -3.35. The Morgan fingerprint density at radius 2 is 1.00 bits per heavy atom. The van der Waals surface area contributed by atoms with Crippen molar-refractivity contribution in [3.8, 4) is 0 Å². The van der Waals surface area contributed by atoms with Crippen LogP contribution in [0.4, 0.5) is 0 Å². The molecule has 0 aliphatic carbocycles. The Hall–Kier alpha value is -2.85. The van der Waals surface area contributed by atoms with Crippen LogP contribution >= 0.6 is 0 Å². The highest BCUT2D eigenvalue weighted by molar-refractivity contribution is 5.78. The normalized spacial score (nSPS) is 16.8. The molecule has 0 spiro atoms. The summed E-state index contributed by atoms with van der Waals surface area (Å²) in [6.45, 7) is 5.52. The van der Waals surface area contributed by atoms with Crippen molar-refractivity contribution in [1.82, 2.24) is 30.2 Å². The second-order valence-corrected chi connectivity index (χ2v) is 10.1. The van der Waals surface area contributed by atoms with Gasteiger partial charge in [-0.3, -0.25) is 43.6 Å². The number of rotatable bonds is 18. The lowest BCUT2D eigenvalue weighted by Gasteiger charge is -2.32. The molecular weight excluding hydrogens is 540 g/mol. The molecule has 0 aromatic heterocycles. The van der Waals surface area contributed by atoms with Gasteiger partial charge in [0.25, 0.3) is 0 Å². The highest BCUT2D eigenvalue weighted by Gasteiger charge is 2.21. The number of carboxylic acid groups (broad SMARTS) is 3. The van der Waals surface area contributed by atoms with Gasteiger partial charge in [0, 0.05) is 71.9 Å². The van der Waals surface area contributed by atoms with Crippen LogP contribution in [0.5, 0.6) is 0 Å². The van der Waals surface area contributed by atoms with Gasteiger partial charge in [0.2, 0.25) is 11.8 Å². The first-order valence-electron chi connectivity index (χ1n) is 14.2. The quantitative estimate of drug-likeness (QED) is 0.114. The van der Waals surface area contributed by atoms with Gasteiger partial charge in [-0.15, -0.1) is 0 Å². The highest BCUT2D eigenvalue weighted by atomic mass is 16.5. The fraction of sp³-hybridized carbons (Fsp3) is 0.808. The van der Waals surface area contributed by atoms with Gasteiger partial charge in [0.05, 0.1) is 39.4 Å². The average molecular weight is 589 g/mol. The summed E-state index contributed by atoms with van der Waals surface area (Å²) in [4.78, 5) is 65.4. The zero-order valence-corrected chi connectivity index (χ0v) is 24.2. The molecule has 0 unspecified atom stereocenters. The van der Waals surface area contributed by atoms with Crippen LogP contribution < -0.4 is 10.6 Å². The van der Waals surface area contributed by atoms with E-state index in [1.807, 2.05) is 4.90 Å². The van der Waals surface area contributed by atoms with E-state index in [0.29, 0.717) is 58.9 Å². The Labute approximate surface area is 241 Å². The number of aliphatic carboxylic acids is 3. The molecule has 0 saturated carbocycles. The summed E-state index contributed by atoms with van der Waals surface area (Å²) in [6.07, 6.45) is 3.36. The minimum atomic E-state index is -1.02. The molecule has 0 aromatic carbocycles. The van der Waals surface area contributed by atoms with E-state index in [-0.39, 0.29) is 64.2 Å². The maximum Gasteiger partial charge on any atom is 0.317 e. The molecule has 15 heteroatoms. The second kappa shape index (κ2) is 21.8. The molecule has 1 aliphatic rings. The first kappa shape index (κ1) is 36.2. The summed E-state index contributed by atoms with van der Waals surface area (Å²) in [6, 6.07) is 0.